The molecule has 2 aliphatic heterocycles. The molecule has 1 aromatic heterocycles. The molecule has 2 aliphatic rings. The molecular weight excluding hydrogens is 354 g/mol. The summed E-state index contributed by atoms with van der Waals surface area (Å²) in [4.78, 5) is 36.4. The fourth-order valence-corrected chi connectivity index (χ4v) is 3.77. The molecule has 0 atom stereocenters. The van der Waals surface area contributed by atoms with Crippen molar-refractivity contribution in [3.8, 4) is 0 Å². The van der Waals surface area contributed by atoms with Gasteiger partial charge in [0.2, 0.25) is 6.41 Å². The Labute approximate surface area is 165 Å². The Kier molecular flexibility index (Phi) is 5.41. The van der Waals surface area contributed by atoms with Crippen LogP contribution in [0, 0.1) is 0 Å². The minimum Gasteiger partial charge on any atom is -0.368 e. The maximum atomic E-state index is 13.0. The number of pyridine rings is 1. The molecule has 2 saturated heterocycles. The smallest absolute Gasteiger partial charge is 0.254 e. The van der Waals surface area contributed by atoms with Crippen molar-refractivity contribution in [1.29, 1.82) is 0 Å². The predicted octanol–water partition coefficient (Wildman–Crippen LogP) is 1.32. The van der Waals surface area contributed by atoms with Crippen molar-refractivity contribution in [1.82, 2.24) is 14.8 Å². The molecule has 0 radical (unpaired) electrons. The van der Waals surface area contributed by atoms with Gasteiger partial charge in [-0.1, -0.05) is 18.2 Å². The number of nitrogens with zero attached hydrogens (tertiary/aromatic N) is 5. The fourth-order valence-electron chi connectivity index (χ4n) is 3.77. The minimum absolute atomic E-state index is 0.0582. The van der Waals surface area contributed by atoms with Crippen molar-refractivity contribution < 1.29 is 9.59 Å². The summed E-state index contributed by atoms with van der Waals surface area (Å²) in [6.45, 7) is 5.93. The number of aromatic nitrogens is 1. The van der Waals surface area contributed by atoms with Crippen LogP contribution in [0.2, 0.25) is 0 Å². The molecule has 7 heteroatoms. The van der Waals surface area contributed by atoms with Gasteiger partial charge < -0.3 is 19.6 Å². The first-order valence-electron chi connectivity index (χ1n) is 9.74. The zero-order valence-electron chi connectivity index (χ0n) is 15.9. The van der Waals surface area contributed by atoms with Crippen LogP contribution in [-0.4, -0.2) is 79.5 Å². The largest absolute Gasteiger partial charge is 0.368 e. The molecule has 0 saturated carbocycles. The van der Waals surface area contributed by atoms with Crippen LogP contribution in [0.25, 0.3) is 0 Å². The number of carbonyl (C=O) groups excluding carboxylic acids is 2. The predicted molar refractivity (Wildman–Crippen MR) is 109 cm³/mol. The van der Waals surface area contributed by atoms with Crippen molar-refractivity contribution in [2.45, 2.75) is 0 Å². The van der Waals surface area contributed by atoms with Gasteiger partial charge in [0.1, 0.15) is 5.82 Å². The molecule has 1 aromatic carbocycles. The fraction of sp³-hybridized carbons (Fsp3) is 0.381. The van der Waals surface area contributed by atoms with Gasteiger partial charge in [-0.25, -0.2) is 4.98 Å². The monoisotopic (exact) mass is 379 g/mol. The molecule has 2 fully saturated rings. The van der Waals surface area contributed by atoms with E-state index in [2.05, 4.69) is 26.9 Å². The Morgan fingerprint density at radius 1 is 0.857 bits per heavy atom. The van der Waals surface area contributed by atoms with E-state index in [1.54, 1.807) is 17.2 Å². The molecule has 7 nitrogen and oxygen atoms in total. The van der Waals surface area contributed by atoms with Crippen LogP contribution in [0.4, 0.5) is 11.5 Å². The third-order valence-electron chi connectivity index (χ3n) is 5.47. The molecule has 0 spiro atoms. The van der Waals surface area contributed by atoms with E-state index < -0.39 is 0 Å². The molecule has 4 rings (SSSR count). The Morgan fingerprint density at radius 3 is 2.21 bits per heavy atom. The van der Waals surface area contributed by atoms with Crippen molar-refractivity contribution in [2.24, 2.45) is 0 Å². The number of amides is 2. The topological polar surface area (TPSA) is 60.0 Å². The Balaban J connectivity index is 1.38. The van der Waals surface area contributed by atoms with E-state index in [1.165, 1.54) is 5.69 Å². The molecule has 0 aliphatic carbocycles. The highest BCUT2D eigenvalue weighted by atomic mass is 16.2. The SMILES string of the molecule is O=CN1CCN(c2cc(C(=O)N3CCN(c4ccccc4)CC3)ccn2)CC1. The lowest BCUT2D eigenvalue weighted by molar-refractivity contribution is -0.118. The van der Waals surface area contributed by atoms with Crippen LogP contribution < -0.4 is 9.80 Å². The van der Waals surface area contributed by atoms with E-state index in [-0.39, 0.29) is 5.91 Å². The Morgan fingerprint density at radius 2 is 1.54 bits per heavy atom. The minimum atomic E-state index is 0.0582. The highest BCUT2D eigenvalue weighted by molar-refractivity contribution is 5.95. The number of hydrogen-bond acceptors (Lipinski definition) is 5. The Bertz CT molecular complexity index is 813. The molecule has 2 amide bonds. The van der Waals surface area contributed by atoms with Crippen molar-refractivity contribution in [3.63, 3.8) is 0 Å². The number of piperazine rings is 2. The lowest BCUT2D eigenvalue weighted by Gasteiger charge is -2.36. The Hall–Kier alpha value is -3.09. The zero-order valence-corrected chi connectivity index (χ0v) is 15.9. The van der Waals surface area contributed by atoms with E-state index in [0.29, 0.717) is 31.7 Å². The number of para-hydroxylation sites is 1. The number of carbonyl (C=O) groups is 2. The second kappa shape index (κ2) is 8.29. The standard InChI is InChI=1S/C21H25N5O2/c27-17-23-8-10-25(11-9-23)20-16-18(6-7-22-20)21(28)26-14-12-24(13-15-26)19-4-2-1-3-5-19/h1-7,16-17H,8-15H2. The summed E-state index contributed by atoms with van der Waals surface area (Å²) in [5, 5.41) is 0. The van der Waals surface area contributed by atoms with Gasteiger partial charge in [-0.3, -0.25) is 9.59 Å². The van der Waals surface area contributed by atoms with Gasteiger partial charge in [-0.2, -0.15) is 0 Å². The van der Waals surface area contributed by atoms with Gasteiger partial charge >= 0.3 is 0 Å². The van der Waals surface area contributed by atoms with Crippen LogP contribution >= 0.6 is 0 Å². The highest BCUT2D eigenvalue weighted by Gasteiger charge is 2.23. The first-order valence-corrected chi connectivity index (χ1v) is 9.74. The van der Waals surface area contributed by atoms with Crippen LogP contribution in [0.15, 0.2) is 48.7 Å². The average Bonchev–Trinajstić information content (AvgIpc) is 2.79. The highest BCUT2D eigenvalue weighted by Crippen LogP contribution is 2.19. The summed E-state index contributed by atoms with van der Waals surface area (Å²) in [7, 11) is 0. The van der Waals surface area contributed by atoms with Gasteiger partial charge in [0.25, 0.3) is 5.91 Å². The third-order valence-corrected chi connectivity index (χ3v) is 5.47. The lowest BCUT2D eigenvalue weighted by Crippen LogP contribution is -2.49. The average molecular weight is 379 g/mol. The van der Waals surface area contributed by atoms with E-state index in [1.807, 2.05) is 29.2 Å². The number of hydrogen-bond donors (Lipinski definition) is 0. The molecule has 0 bridgehead atoms. The lowest BCUT2D eigenvalue weighted by atomic mass is 10.2. The summed E-state index contributed by atoms with van der Waals surface area (Å²) >= 11 is 0. The molecule has 3 heterocycles. The van der Waals surface area contributed by atoms with Crippen LogP contribution in [0.3, 0.4) is 0 Å². The van der Waals surface area contributed by atoms with Crippen LogP contribution in [0.1, 0.15) is 10.4 Å². The summed E-state index contributed by atoms with van der Waals surface area (Å²) in [6, 6.07) is 14.0. The van der Waals surface area contributed by atoms with Crippen molar-refractivity contribution in [2.75, 3.05) is 62.2 Å². The zero-order chi connectivity index (χ0) is 19.3. The molecule has 2 aromatic rings. The van der Waals surface area contributed by atoms with Crippen LogP contribution in [-0.2, 0) is 4.79 Å². The molecule has 0 unspecified atom stereocenters. The molecule has 0 N–H and O–H groups in total. The first kappa shape index (κ1) is 18.3. The van der Waals surface area contributed by atoms with Gasteiger partial charge in [0.05, 0.1) is 0 Å². The first-order chi connectivity index (χ1) is 13.7. The van der Waals surface area contributed by atoms with Crippen molar-refractivity contribution >= 4 is 23.8 Å². The maximum Gasteiger partial charge on any atom is 0.254 e. The van der Waals surface area contributed by atoms with Gasteiger partial charge in [0.15, 0.2) is 0 Å². The van der Waals surface area contributed by atoms with Gasteiger partial charge in [-0.15, -0.1) is 0 Å². The summed E-state index contributed by atoms with van der Waals surface area (Å²) in [5.41, 5.74) is 1.88. The number of benzene rings is 1. The van der Waals surface area contributed by atoms with Gasteiger partial charge in [-0.05, 0) is 24.3 Å². The van der Waals surface area contributed by atoms with E-state index >= 15 is 0 Å². The second-order valence-corrected chi connectivity index (χ2v) is 7.15. The summed E-state index contributed by atoms with van der Waals surface area (Å²) in [5.74, 6) is 0.863. The maximum absolute atomic E-state index is 13.0. The molecular formula is C21H25N5O2. The normalized spacial score (nSPS) is 17.6. The molecule has 146 valence electrons. The summed E-state index contributed by atoms with van der Waals surface area (Å²) < 4.78 is 0. The van der Waals surface area contributed by atoms with E-state index in [0.717, 1.165) is 38.4 Å². The van der Waals surface area contributed by atoms with Crippen LogP contribution in [0.5, 0.6) is 0 Å². The number of anilines is 2. The van der Waals surface area contributed by atoms with Crippen molar-refractivity contribution in [3.05, 3.63) is 54.2 Å². The van der Waals surface area contributed by atoms with E-state index in [4.69, 9.17) is 0 Å². The quantitative estimate of drug-likeness (QED) is 0.750. The second-order valence-electron chi connectivity index (χ2n) is 7.15. The number of rotatable bonds is 4. The van der Waals surface area contributed by atoms with E-state index in [9.17, 15) is 9.59 Å². The molecule has 28 heavy (non-hydrogen) atoms. The summed E-state index contributed by atoms with van der Waals surface area (Å²) in [6.07, 6.45) is 2.59. The van der Waals surface area contributed by atoms with Gasteiger partial charge in [0, 0.05) is 69.8 Å². The third kappa shape index (κ3) is 3.93.